The molecule has 0 aromatic heterocycles. The molecule has 0 heterocycles. The lowest BCUT2D eigenvalue weighted by molar-refractivity contribution is 0.209. The average Bonchev–Trinajstić information content (AvgIpc) is 2.48. The van der Waals surface area contributed by atoms with Gasteiger partial charge in [-0.05, 0) is 16.7 Å². The van der Waals surface area contributed by atoms with Gasteiger partial charge in [-0.3, -0.25) is 0 Å². The van der Waals surface area contributed by atoms with E-state index in [4.69, 9.17) is 0 Å². The molecule has 0 fully saturated rings. The van der Waals surface area contributed by atoms with Crippen molar-refractivity contribution in [1.82, 2.24) is 10.2 Å². The van der Waals surface area contributed by atoms with E-state index in [-0.39, 0.29) is 6.03 Å². The average molecular weight is 254 g/mol. The van der Waals surface area contributed by atoms with Crippen LogP contribution in [0.25, 0.3) is 11.1 Å². The van der Waals surface area contributed by atoms with Crippen LogP contribution in [0, 0.1) is 0 Å². The summed E-state index contributed by atoms with van der Waals surface area (Å²) in [5, 5.41) is 2.61. The van der Waals surface area contributed by atoms with Gasteiger partial charge in [-0.15, -0.1) is 0 Å². The normalized spacial score (nSPS) is 10.0. The van der Waals surface area contributed by atoms with Crippen LogP contribution in [-0.2, 0) is 6.54 Å². The Kier molecular flexibility index (Phi) is 4.18. The van der Waals surface area contributed by atoms with Crippen molar-refractivity contribution in [2.24, 2.45) is 0 Å². The molecule has 2 aromatic carbocycles. The zero-order valence-corrected chi connectivity index (χ0v) is 11.3. The molecule has 3 heteroatoms. The Morgan fingerprint density at radius 2 is 1.58 bits per heavy atom. The molecule has 0 unspecified atom stereocenters. The Morgan fingerprint density at radius 1 is 1.00 bits per heavy atom. The van der Waals surface area contributed by atoms with Crippen LogP contribution < -0.4 is 5.32 Å². The summed E-state index contributed by atoms with van der Waals surface area (Å²) >= 11 is 0. The second-order valence-corrected chi connectivity index (χ2v) is 4.47. The predicted octanol–water partition coefficient (Wildman–Crippen LogP) is 3.12. The number of hydrogen-bond donors (Lipinski definition) is 1. The van der Waals surface area contributed by atoms with E-state index >= 15 is 0 Å². The van der Waals surface area contributed by atoms with Crippen molar-refractivity contribution >= 4 is 6.03 Å². The Hall–Kier alpha value is -2.29. The third-order valence-corrected chi connectivity index (χ3v) is 3.04. The Balaban J connectivity index is 2.09. The number of nitrogens with one attached hydrogen (secondary N) is 1. The molecule has 0 spiro atoms. The fourth-order valence-electron chi connectivity index (χ4n) is 1.97. The topological polar surface area (TPSA) is 32.3 Å². The molecule has 0 radical (unpaired) electrons. The predicted molar refractivity (Wildman–Crippen MR) is 77.8 cm³/mol. The van der Waals surface area contributed by atoms with E-state index in [0.29, 0.717) is 6.54 Å². The highest BCUT2D eigenvalue weighted by Gasteiger charge is 2.06. The molecule has 0 atom stereocenters. The minimum Gasteiger partial charge on any atom is -0.341 e. The van der Waals surface area contributed by atoms with Gasteiger partial charge in [0.15, 0.2) is 0 Å². The van der Waals surface area contributed by atoms with Crippen LogP contribution in [0.1, 0.15) is 5.56 Å². The Morgan fingerprint density at radius 3 is 2.16 bits per heavy atom. The van der Waals surface area contributed by atoms with Crippen LogP contribution in [0.4, 0.5) is 4.79 Å². The molecule has 3 nitrogen and oxygen atoms in total. The summed E-state index contributed by atoms with van der Waals surface area (Å²) in [6.45, 7) is 0.606. The summed E-state index contributed by atoms with van der Waals surface area (Å²) in [6, 6.07) is 18.5. The monoisotopic (exact) mass is 254 g/mol. The van der Waals surface area contributed by atoms with E-state index in [0.717, 1.165) is 5.56 Å². The highest BCUT2D eigenvalue weighted by atomic mass is 16.2. The highest BCUT2D eigenvalue weighted by molar-refractivity contribution is 5.73. The number of benzene rings is 2. The van der Waals surface area contributed by atoms with Crippen LogP contribution >= 0.6 is 0 Å². The number of hydrogen-bond acceptors (Lipinski definition) is 1. The summed E-state index contributed by atoms with van der Waals surface area (Å²) in [5.41, 5.74) is 3.51. The van der Waals surface area contributed by atoms with Gasteiger partial charge in [-0.2, -0.15) is 0 Å². The van der Waals surface area contributed by atoms with E-state index in [1.54, 1.807) is 19.0 Å². The summed E-state index contributed by atoms with van der Waals surface area (Å²) < 4.78 is 0. The van der Waals surface area contributed by atoms with Gasteiger partial charge in [0.05, 0.1) is 0 Å². The molecule has 2 aromatic rings. The molecule has 2 amide bonds. The van der Waals surface area contributed by atoms with Crippen LogP contribution in [0.2, 0.25) is 0 Å². The maximum absolute atomic E-state index is 11.4. The quantitative estimate of drug-likeness (QED) is 0.896. The van der Waals surface area contributed by atoms with Crippen molar-refractivity contribution < 1.29 is 4.79 Å². The summed E-state index contributed by atoms with van der Waals surface area (Å²) in [7, 11) is 3.42. The maximum Gasteiger partial charge on any atom is 0.317 e. The van der Waals surface area contributed by atoms with E-state index in [1.165, 1.54) is 11.1 Å². The molecule has 0 aliphatic rings. The molecule has 2 rings (SSSR count). The minimum atomic E-state index is -0.0767. The Bertz CT molecular complexity index is 534. The zero-order chi connectivity index (χ0) is 13.7. The fraction of sp³-hybridized carbons (Fsp3) is 0.188. The second-order valence-electron chi connectivity index (χ2n) is 4.47. The smallest absolute Gasteiger partial charge is 0.317 e. The van der Waals surface area contributed by atoms with Gasteiger partial charge in [0.25, 0.3) is 0 Å². The number of amides is 2. The van der Waals surface area contributed by atoms with Gasteiger partial charge in [-0.25, -0.2) is 4.79 Å². The molecule has 98 valence electrons. The van der Waals surface area contributed by atoms with Crippen LogP contribution in [-0.4, -0.2) is 25.0 Å². The Labute approximate surface area is 113 Å². The fourth-order valence-corrected chi connectivity index (χ4v) is 1.97. The summed E-state index contributed by atoms with van der Waals surface area (Å²) in [5.74, 6) is 0. The largest absolute Gasteiger partial charge is 0.341 e. The molecule has 1 N–H and O–H groups in total. The van der Waals surface area contributed by atoms with E-state index in [9.17, 15) is 4.79 Å². The van der Waals surface area contributed by atoms with Crippen LogP contribution in [0.15, 0.2) is 54.6 Å². The molecular weight excluding hydrogens is 236 g/mol. The van der Waals surface area contributed by atoms with E-state index in [2.05, 4.69) is 41.7 Å². The number of nitrogens with zero attached hydrogens (tertiary/aromatic N) is 1. The van der Waals surface area contributed by atoms with Gasteiger partial charge < -0.3 is 10.2 Å². The molecule has 0 aliphatic heterocycles. The first-order chi connectivity index (χ1) is 9.20. The van der Waals surface area contributed by atoms with E-state index in [1.807, 2.05) is 18.2 Å². The van der Waals surface area contributed by atoms with Crippen LogP contribution in [0.3, 0.4) is 0 Å². The highest BCUT2D eigenvalue weighted by Crippen LogP contribution is 2.19. The molecule has 19 heavy (non-hydrogen) atoms. The molecule has 0 aliphatic carbocycles. The molecule has 0 saturated heterocycles. The first kappa shape index (κ1) is 13.1. The maximum atomic E-state index is 11.4. The number of carbonyl (C=O) groups excluding carboxylic acids is 1. The summed E-state index contributed by atoms with van der Waals surface area (Å²) in [4.78, 5) is 13.1. The van der Waals surface area contributed by atoms with Crippen molar-refractivity contribution in [2.45, 2.75) is 6.54 Å². The lowest BCUT2D eigenvalue weighted by Crippen LogP contribution is -2.34. The van der Waals surface area contributed by atoms with Gasteiger partial charge >= 0.3 is 6.03 Å². The number of carbonyl (C=O) groups is 1. The third-order valence-electron chi connectivity index (χ3n) is 3.04. The van der Waals surface area contributed by atoms with Gasteiger partial charge in [0.1, 0.15) is 0 Å². The molecular formula is C16H18N2O. The standard InChI is InChI=1S/C16H18N2O/c1-17-16(19)18(2)12-13-8-10-15(11-9-13)14-6-4-3-5-7-14/h3-11H,12H2,1-2H3,(H,17,19). The number of rotatable bonds is 3. The van der Waals surface area contributed by atoms with Gasteiger partial charge in [0.2, 0.25) is 0 Å². The lowest BCUT2D eigenvalue weighted by atomic mass is 10.0. The molecule has 0 bridgehead atoms. The second kappa shape index (κ2) is 6.05. The summed E-state index contributed by atoms with van der Waals surface area (Å²) in [6.07, 6.45) is 0. The van der Waals surface area contributed by atoms with Crippen molar-refractivity contribution in [1.29, 1.82) is 0 Å². The lowest BCUT2D eigenvalue weighted by Gasteiger charge is -2.16. The van der Waals surface area contributed by atoms with Crippen molar-refractivity contribution in [3.63, 3.8) is 0 Å². The first-order valence-corrected chi connectivity index (χ1v) is 6.28. The van der Waals surface area contributed by atoms with Crippen molar-refractivity contribution in [2.75, 3.05) is 14.1 Å². The minimum absolute atomic E-state index is 0.0767. The van der Waals surface area contributed by atoms with Crippen LogP contribution in [0.5, 0.6) is 0 Å². The SMILES string of the molecule is CNC(=O)N(C)Cc1ccc(-c2ccccc2)cc1. The van der Waals surface area contributed by atoms with Crippen molar-refractivity contribution in [3.8, 4) is 11.1 Å². The van der Waals surface area contributed by atoms with Gasteiger partial charge in [-0.1, -0.05) is 54.6 Å². The van der Waals surface area contributed by atoms with Crippen molar-refractivity contribution in [3.05, 3.63) is 60.2 Å². The number of urea groups is 1. The first-order valence-electron chi connectivity index (χ1n) is 6.28. The third kappa shape index (κ3) is 3.35. The molecule has 0 saturated carbocycles. The van der Waals surface area contributed by atoms with Gasteiger partial charge in [0, 0.05) is 20.6 Å². The zero-order valence-electron chi connectivity index (χ0n) is 11.3. The van der Waals surface area contributed by atoms with E-state index < -0.39 is 0 Å².